The second-order valence-corrected chi connectivity index (χ2v) is 12.4. The maximum atomic E-state index is 13.2. The molecule has 0 aromatic rings. The van der Waals surface area contributed by atoms with Crippen LogP contribution < -0.4 is 20.1 Å². The Bertz CT molecular complexity index is 844. The van der Waals surface area contributed by atoms with Gasteiger partial charge in [-0.15, -0.1) is 0 Å². The highest BCUT2D eigenvalue weighted by atomic mass is 32.2. The molecule has 39 heavy (non-hydrogen) atoms. The molecule has 0 unspecified atom stereocenters. The van der Waals surface area contributed by atoms with Crippen LogP contribution in [-0.2, 0) is 38.9 Å². The summed E-state index contributed by atoms with van der Waals surface area (Å²) in [6, 6.07) is -4.34. The largest absolute Gasteiger partial charge is 0.467 e. The summed E-state index contributed by atoms with van der Waals surface area (Å²) in [6.45, 7) is 14.5. The number of esters is 2. The minimum Gasteiger partial charge on any atom is -0.467 e. The molecule has 0 fully saturated rings. The van der Waals surface area contributed by atoms with E-state index in [2.05, 4.69) is 20.1 Å². The zero-order chi connectivity index (χ0) is 30.5. The second-order valence-electron chi connectivity index (χ2n) is 10.9. The van der Waals surface area contributed by atoms with E-state index >= 15 is 0 Å². The van der Waals surface area contributed by atoms with Crippen molar-refractivity contribution >= 4 is 34.0 Å². The van der Waals surface area contributed by atoms with Gasteiger partial charge < -0.3 is 20.1 Å². The fraction of sp³-hybridized carbons (Fsp3) is 0.846. The number of hydrogen-bond acceptors (Lipinski definition) is 8. The lowest BCUT2D eigenvalue weighted by molar-refractivity contribution is -0.146. The summed E-state index contributed by atoms with van der Waals surface area (Å²) in [5, 5.41) is 5.22. The van der Waals surface area contributed by atoms with E-state index in [1.165, 1.54) is 14.2 Å². The molecular formula is C26H50N4O8S. The van der Waals surface area contributed by atoms with Gasteiger partial charge in [-0.3, -0.25) is 9.59 Å². The first-order valence-electron chi connectivity index (χ1n) is 13.6. The SMILES string of the molecule is CC[C@H](C)[C@H](NS(=O)(=O)N[C@H](C(=O)N[C@@H](CC(C)C)C(=O)OC)[C@@H](C)CC)C(=O)N[C@@H](CC(C)C)C(=O)OC. The number of methoxy groups -OCH3 is 2. The molecule has 2 amide bonds. The van der Waals surface area contributed by atoms with Gasteiger partial charge in [0, 0.05) is 0 Å². The molecule has 0 bridgehead atoms. The zero-order valence-corrected chi connectivity index (χ0v) is 25.9. The highest BCUT2D eigenvalue weighted by Crippen LogP contribution is 2.15. The highest BCUT2D eigenvalue weighted by molar-refractivity contribution is 7.87. The van der Waals surface area contributed by atoms with Crippen LogP contribution in [0.3, 0.4) is 0 Å². The van der Waals surface area contributed by atoms with Gasteiger partial charge in [0.25, 0.3) is 10.2 Å². The van der Waals surface area contributed by atoms with E-state index in [-0.39, 0.29) is 11.8 Å². The Morgan fingerprint density at radius 3 is 1.18 bits per heavy atom. The molecule has 13 heteroatoms. The molecule has 0 radical (unpaired) electrons. The third kappa shape index (κ3) is 13.1. The van der Waals surface area contributed by atoms with Gasteiger partial charge in [0.15, 0.2) is 0 Å². The summed E-state index contributed by atoms with van der Waals surface area (Å²) in [4.78, 5) is 50.8. The fourth-order valence-corrected chi connectivity index (χ4v) is 5.29. The van der Waals surface area contributed by atoms with Gasteiger partial charge in [-0.05, 0) is 36.5 Å². The van der Waals surface area contributed by atoms with Crippen molar-refractivity contribution in [1.82, 2.24) is 20.1 Å². The lowest BCUT2D eigenvalue weighted by Crippen LogP contribution is -2.60. The van der Waals surface area contributed by atoms with E-state index in [9.17, 15) is 27.6 Å². The summed E-state index contributed by atoms with van der Waals surface area (Å²) in [5.74, 6) is -3.37. The van der Waals surface area contributed by atoms with Crippen molar-refractivity contribution in [3.05, 3.63) is 0 Å². The van der Waals surface area contributed by atoms with Gasteiger partial charge in [-0.25, -0.2) is 9.59 Å². The van der Waals surface area contributed by atoms with Gasteiger partial charge in [-0.1, -0.05) is 68.2 Å². The molecule has 0 spiro atoms. The van der Waals surface area contributed by atoms with Crippen LogP contribution in [0.1, 0.15) is 81.1 Å². The van der Waals surface area contributed by atoms with Gasteiger partial charge in [0.1, 0.15) is 24.2 Å². The standard InChI is InChI=1S/C26H50N4O8S/c1-11-17(7)21(23(31)27-19(13-15(3)4)25(33)37-9)29-39(35,36)30-22(18(8)12-2)24(32)28-20(14-16(5)6)26(34)38-10/h15-22,29-30H,11-14H2,1-10H3,(H,27,31)(H,28,32)/t17-,18-,19-,20-,21-,22-/m0/s1. The monoisotopic (exact) mass is 578 g/mol. The molecular weight excluding hydrogens is 528 g/mol. The number of rotatable bonds is 18. The molecule has 4 N–H and O–H groups in total. The molecule has 0 saturated heterocycles. The quantitative estimate of drug-likeness (QED) is 0.178. The Balaban J connectivity index is 5.96. The van der Waals surface area contributed by atoms with Crippen molar-refractivity contribution in [3.8, 4) is 0 Å². The summed E-state index contributed by atoms with van der Waals surface area (Å²) >= 11 is 0. The van der Waals surface area contributed by atoms with Gasteiger partial charge in [-0.2, -0.15) is 17.9 Å². The van der Waals surface area contributed by atoms with Crippen LogP contribution in [0.2, 0.25) is 0 Å². The third-order valence-electron chi connectivity index (χ3n) is 6.57. The van der Waals surface area contributed by atoms with Crippen molar-refractivity contribution in [3.63, 3.8) is 0 Å². The molecule has 0 aliphatic rings. The van der Waals surface area contributed by atoms with E-state index in [1.807, 2.05) is 27.7 Å². The minimum atomic E-state index is -4.40. The van der Waals surface area contributed by atoms with E-state index in [1.54, 1.807) is 27.7 Å². The van der Waals surface area contributed by atoms with E-state index < -0.39 is 70.0 Å². The zero-order valence-electron chi connectivity index (χ0n) is 25.1. The molecule has 0 saturated carbocycles. The molecule has 0 rings (SSSR count). The van der Waals surface area contributed by atoms with Gasteiger partial charge in [0.2, 0.25) is 11.8 Å². The first kappa shape index (κ1) is 36.8. The Hall–Kier alpha value is -2.25. The van der Waals surface area contributed by atoms with Crippen molar-refractivity contribution in [1.29, 1.82) is 0 Å². The molecule has 228 valence electrons. The van der Waals surface area contributed by atoms with Crippen LogP contribution in [-0.4, -0.2) is 70.6 Å². The fourth-order valence-electron chi connectivity index (χ4n) is 3.87. The van der Waals surface area contributed by atoms with Crippen LogP contribution in [0.4, 0.5) is 0 Å². The Morgan fingerprint density at radius 2 is 0.949 bits per heavy atom. The smallest absolute Gasteiger partial charge is 0.328 e. The average molecular weight is 579 g/mol. The number of ether oxygens (including phenoxy) is 2. The summed E-state index contributed by atoms with van der Waals surface area (Å²) in [7, 11) is -1.97. The van der Waals surface area contributed by atoms with Gasteiger partial charge >= 0.3 is 11.9 Å². The number of nitrogens with one attached hydrogen (secondary N) is 4. The van der Waals surface area contributed by atoms with Gasteiger partial charge in [0.05, 0.1) is 14.2 Å². The maximum absolute atomic E-state index is 13.2. The van der Waals surface area contributed by atoms with Crippen LogP contribution in [0, 0.1) is 23.7 Å². The molecule has 0 heterocycles. The van der Waals surface area contributed by atoms with Crippen LogP contribution in [0.25, 0.3) is 0 Å². The van der Waals surface area contributed by atoms with Crippen molar-refractivity contribution < 1.29 is 37.1 Å². The lowest BCUT2D eigenvalue weighted by Gasteiger charge is -2.29. The predicted molar refractivity (Wildman–Crippen MR) is 148 cm³/mol. The molecule has 12 nitrogen and oxygen atoms in total. The Morgan fingerprint density at radius 1 is 0.641 bits per heavy atom. The van der Waals surface area contributed by atoms with Crippen LogP contribution in [0.15, 0.2) is 0 Å². The van der Waals surface area contributed by atoms with Crippen LogP contribution >= 0.6 is 0 Å². The third-order valence-corrected chi connectivity index (χ3v) is 7.70. The van der Waals surface area contributed by atoms with E-state index in [0.29, 0.717) is 25.7 Å². The van der Waals surface area contributed by atoms with Crippen molar-refractivity contribution in [2.75, 3.05) is 14.2 Å². The molecule has 0 aromatic heterocycles. The number of amides is 2. The lowest BCUT2D eigenvalue weighted by atomic mass is 9.98. The topological polar surface area (TPSA) is 169 Å². The Kier molecular flexibility index (Phi) is 16.4. The molecule has 0 aliphatic carbocycles. The van der Waals surface area contributed by atoms with E-state index in [4.69, 9.17) is 9.47 Å². The van der Waals surface area contributed by atoms with Crippen molar-refractivity contribution in [2.24, 2.45) is 23.7 Å². The van der Waals surface area contributed by atoms with Crippen LogP contribution in [0.5, 0.6) is 0 Å². The Labute approximate surface area is 234 Å². The predicted octanol–water partition coefficient (Wildman–Crippen LogP) is 1.65. The number of carbonyl (C=O) groups excluding carboxylic acids is 4. The molecule has 0 aromatic carbocycles. The minimum absolute atomic E-state index is 0.0640. The second kappa shape index (κ2) is 17.4. The summed E-state index contributed by atoms with van der Waals surface area (Å²) in [5.41, 5.74) is 0. The molecule has 0 aliphatic heterocycles. The van der Waals surface area contributed by atoms with E-state index in [0.717, 1.165) is 0 Å². The number of carbonyl (C=O) groups is 4. The first-order chi connectivity index (χ1) is 18.0. The summed E-state index contributed by atoms with van der Waals surface area (Å²) in [6.07, 6.45) is 1.53. The first-order valence-corrected chi connectivity index (χ1v) is 15.1. The average Bonchev–Trinajstić information content (AvgIpc) is 2.86. The number of hydrogen-bond donors (Lipinski definition) is 4. The van der Waals surface area contributed by atoms with Crippen molar-refractivity contribution in [2.45, 2.75) is 105 Å². The normalized spacial score (nSPS) is 16.5. The highest BCUT2D eigenvalue weighted by Gasteiger charge is 2.36. The molecule has 6 atom stereocenters. The maximum Gasteiger partial charge on any atom is 0.328 e. The summed E-state index contributed by atoms with van der Waals surface area (Å²) < 4.78 is 40.8.